The van der Waals surface area contributed by atoms with Gasteiger partial charge in [0, 0.05) is 0 Å². The second-order valence-corrected chi connectivity index (χ2v) is 9.12. The van der Waals surface area contributed by atoms with Gasteiger partial charge in [-0.3, -0.25) is 0 Å². The van der Waals surface area contributed by atoms with Crippen molar-refractivity contribution in [3.05, 3.63) is 0 Å². The van der Waals surface area contributed by atoms with Gasteiger partial charge in [0.25, 0.3) is 0 Å². The van der Waals surface area contributed by atoms with Crippen LogP contribution in [0.15, 0.2) is 0 Å². The van der Waals surface area contributed by atoms with Crippen molar-refractivity contribution in [3.8, 4) is 0 Å². The molecule has 0 atom stereocenters. The van der Waals surface area contributed by atoms with Crippen molar-refractivity contribution < 1.29 is 47.7 Å². The van der Waals surface area contributed by atoms with E-state index >= 15 is 0 Å². The summed E-state index contributed by atoms with van der Waals surface area (Å²) in [7, 11) is -12.3. The second-order valence-electron chi connectivity index (χ2n) is 2.02. The van der Waals surface area contributed by atoms with Gasteiger partial charge >= 0.3 is 103 Å². The molecule has 0 rings (SSSR count). The van der Waals surface area contributed by atoms with Gasteiger partial charge in [-0.05, 0) is 0 Å². The summed E-state index contributed by atoms with van der Waals surface area (Å²) in [6, 6.07) is 0. The van der Waals surface area contributed by atoms with Gasteiger partial charge in [0.05, 0.1) is 0 Å². The third-order valence-electron chi connectivity index (χ3n) is 0.824. The summed E-state index contributed by atoms with van der Waals surface area (Å²) in [6.45, 7) is 0. The molecule has 0 aromatic carbocycles. The van der Waals surface area contributed by atoms with Crippen molar-refractivity contribution in [1.29, 1.82) is 0 Å². The fourth-order valence-corrected chi connectivity index (χ4v) is 5.32. The summed E-state index contributed by atoms with van der Waals surface area (Å²) in [5.41, 5.74) is -11.7. The molecule has 15 heteroatoms. The van der Waals surface area contributed by atoms with Gasteiger partial charge in [0.1, 0.15) is 0 Å². The molecule has 0 amide bonds. The summed E-state index contributed by atoms with van der Waals surface area (Å²) in [5.74, 6) is 0. The number of halogens is 6. The van der Waals surface area contributed by atoms with E-state index in [1.807, 2.05) is 0 Å². The Morgan fingerprint density at radius 1 is 0.706 bits per heavy atom. The third kappa shape index (κ3) is 4.81. The van der Waals surface area contributed by atoms with Gasteiger partial charge in [-0.2, -0.15) is 0 Å². The van der Waals surface area contributed by atoms with Crippen LogP contribution in [0.1, 0.15) is 0 Å². The molecular weight excluding hydrogens is 507 g/mol. The van der Waals surface area contributed by atoms with Crippen LogP contribution >= 0.6 is 0 Å². The van der Waals surface area contributed by atoms with Crippen LogP contribution in [0, 0.1) is 0 Å². The molecular formula is C2BiF6O6S2+. The third-order valence-corrected chi connectivity index (χ3v) is 8.47. The Balaban J connectivity index is 4.58. The first kappa shape index (κ1) is 17.3. The van der Waals surface area contributed by atoms with Gasteiger partial charge in [-0.25, -0.2) is 0 Å². The van der Waals surface area contributed by atoms with Crippen molar-refractivity contribution in [2.75, 3.05) is 0 Å². The number of alkyl halides is 6. The van der Waals surface area contributed by atoms with E-state index in [9.17, 15) is 43.2 Å². The van der Waals surface area contributed by atoms with E-state index in [4.69, 9.17) is 0 Å². The van der Waals surface area contributed by atoms with Crippen LogP contribution in [0.3, 0.4) is 0 Å². The topological polar surface area (TPSA) is 86.7 Å². The molecule has 102 valence electrons. The molecule has 0 aliphatic rings. The minimum absolute atomic E-state index is 3.05. The fourth-order valence-electron chi connectivity index (χ4n) is 0.177. The summed E-state index contributed by atoms with van der Waals surface area (Å²) in [4.78, 5) is 0. The zero-order chi connectivity index (χ0) is 14.1. The van der Waals surface area contributed by atoms with Crippen molar-refractivity contribution in [2.45, 2.75) is 11.0 Å². The molecule has 0 heterocycles. The Kier molecular flexibility index (Phi) is 5.19. The van der Waals surface area contributed by atoms with Gasteiger partial charge < -0.3 is 0 Å². The Morgan fingerprint density at radius 3 is 1.12 bits per heavy atom. The van der Waals surface area contributed by atoms with Crippen LogP contribution in [0.4, 0.5) is 26.3 Å². The van der Waals surface area contributed by atoms with Crippen LogP contribution in [0.2, 0.25) is 0 Å². The quantitative estimate of drug-likeness (QED) is 0.309. The van der Waals surface area contributed by atoms with Crippen LogP contribution in [0.25, 0.3) is 0 Å². The Bertz CT molecular complexity index is 414. The fraction of sp³-hybridized carbons (Fsp3) is 1.00. The predicted molar refractivity (Wildman–Crippen MR) is 37.9 cm³/mol. The van der Waals surface area contributed by atoms with E-state index in [0.29, 0.717) is 0 Å². The van der Waals surface area contributed by atoms with E-state index in [0.717, 1.165) is 0 Å². The molecule has 0 aliphatic carbocycles. The number of rotatable bonds is 4. The van der Waals surface area contributed by atoms with E-state index in [2.05, 4.69) is 4.52 Å². The monoisotopic (exact) mass is 507 g/mol. The zero-order valence-electron chi connectivity index (χ0n) is 6.98. The Hall–Kier alpha value is 0.283. The minimum atomic E-state index is -6.14. The first-order valence-corrected chi connectivity index (χ1v) is 8.56. The Labute approximate surface area is 103 Å². The van der Waals surface area contributed by atoms with Crippen LogP contribution in [0.5, 0.6) is 0 Å². The predicted octanol–water partition coefficient (Wildman–Crippen LogP) is 0.253. The van der Waals surface area contributed by atoms with Gasteiger partial charge in [-0.1, -0.05) is 0 Å². The van der Waals surface area contributed by atoms with E-state index < -0.39 is 55.4 Å². The standard InChI is InChI=1S/2CHF3O3S.Bi/c2*2-1(3,4)8(5,6)7;/h2*(H,5,6,7);/q;;+3/p-2. The molecule has 0 aromatic heterocycles. The molecule has 17 heavy (non-hydrogen) atoms. The molecule has 6 nitrogen and oxygen atoms in total. The maximum atomic E-state index is 11.6. The molecule has 0 saturated carbocycles. The summed E-state index contributed by atoms with van der Waals surface area (Å²) >= 11 is -3.96. The van der Waals surface area contributed by atoms with E-state index in [1.54, 1.807) is 0 Å². The van der Waals surface area contributed by atoms with Gasteiger partial charge in [0.2, 0.25) is 0 Å². The van der Waals surface area contributed by atoms with Gasteiger partial charge in [-0.15, -0.1) is 0 Å². The molecule has 0 saturated heterocycles. The molecule has 0 fully saturated rings. The van der Waals surface area contributed by atoms with Crippen molar-refractivity contribution in [1.82, 2.24) is 0 Å². The van der Waals surface area contributed by atoms with Crippen LogP contribution < -0.4 is 0 Å². The van der Waals surface area contributed by atoms with Gasteiger partial charge in [0.15, 0.2) is 0 Å². The van der Waals surface area contributed by atoms with Crippen LogP contribution in [-0.4, -0.2) is 52.0 Å². The SMILES string of the molecule is O=S(=O)([O][Bi+][O]S(=O)(=O)C(F)(F)F)C(F)(F)F. The molecule has 0 spiro atoms. The van der Waals surface area contributed by atoms with E-state index in [-0.39, 0.29) is 0 Å². The van der Waals surface area contributed by atoms with E-state index in [1.165, 1.54) is 0 Å². The molecule has 2 radical (unpaired) electrons. The zero-order valence-corrected chi connectivity index (χ0v) is 12.1. The molecule has 0 unspecified atom stereocenters. The maximum absolute atomic E-state index is 11.6. The van der Waals surface area contributed by atoms with Crippen molar-refractivity contribution >= 4 is 44.4 Å². The average Bonchev–Trinajstić information content (AvgIpc) is 1.98. The normalized spacial score (nSPS) is 14.9. The summed E-state index contributed by atoms with van der Waals surface area (Å²) in [5, 5.41) is 0. The van der Waals surface area contributed by atoms with Crippen LogP contribution in [-0.2, 0) is 24.8 Å². The first-order chi connectivity index (χ1) is 7.21. The molecule has 0 aliphatic heterocycles. The first-order valence-electron chi connectivity index (χ1n) is 2.91. The van der Waals surface area contributed by atoms with Crippen molar-refractivity contribution in [3.63, 3.8) is 0 Å². The summed E-state index contributed by atoms with van der Waals surface area (Å²) in [6.07, 6.45) is 0. The molecule has 0 N–H and O–H groups in total. The average molecular weight is 507 g/mol. The second kappa shape index (κ2) is 5.11. The summed E-state index contributed by atoms with van der Waals surface area (Å²) < 4.78 is 116. The number of hydrogen-bond acceptors (Lipinski definition) is 6. The molecule has 0 aromatic rings. The molecule has 0 bridgehead atoms. The van der Waals surface area contributed by atoms with Crippen molar-refractivity contribution in [2.24, 2.45) is 0 Å². The Morgan fingerprint density at radius 2 is 0.941 bits per heavy atom. The number of hydrogen-bond donors (Lipinski definition) is 0.